The third-order valence-corrected chi connectivity index (χ3v) is 5.24. The van der Waals surface area contributed by atoms with E-state index in [4.69, 9.17) is 10.5 Å². The molecule has 9 heteroatoms. The summed E-state index contributed by atoms with van der Waals surface area (Å²) in [4.78, 5) is 25.7. The predicted molar refractivity (Wildman–Crippen MR) is 120 cm³/mol. The van der Waals surface area contributed by atoms with E-state index >= 15 is 0 Å². The maximum atomic E-state index is 12.7. The Morgan fingerprint density at radius 3 is 2.59 bits per heavy atom. The molecule has 1 unspecified atom stereocenters. The summed E-state index contributed by atoms with van der Waals surface area (Å²) < 4.78 is 7.71. The lowest BCUT2D eigenvalue weighted by Gasteiger charge is -2.21. The smallest absolute Gasteiger partial charge is 0.319 e. The Morgan fingerprint density at radius 2 is 1.93 bits per heavy atom. The second kappa shape index (κ2) is 9.49. The fourth-order valence-electron chi connectivity index (χ4n) is 3.16. The molecular weight excluding hydrogens is 485 g/mol. The van der Waals surface area contributed by atoms with Crippen LogP contribution in [-0.2, 0) is 6.42 Å². The summed E-state index contributed by atoms with van der Waals surface area (Å²) in [6.45, 7) is 4.24. The minimum atomic E-state index is -0.470. The number of ether oxygens (including phenoxy) is 1. The van der Waals surface area contributed by atoms with Crippen LogP contribution in [0.5, 0.6) is 6.01 Å². The molecule has 0 amide bonds. The van der Waals surface area contributed by atoms with E-state index in [1.807, 2.05) is 66.8 Å². The van der Waals surface area contributed by atoms with Crippen molar-refractivity contribution >= 4 is 39.6 Å². The number of hydrogen-bond donors (Lipinski definition) is 2. The Morgan fingerprint density at radius 1 is 1.21 bits per heavy atom. The van der Waals surface area contributed by atoms with Crippen molar-refractivity contribution in [3.05, 3.63) is 49.9 Å². The van der Waals surface area contributed by atoms with Crippen molar-refractivity contribution in [3.63, 3.8) is 0 Å². The highest BCUT2D eigenvalue weighted by Crippen LogP contribution is 2.24. The molecule has 0 spiro atoms. The van der Waals surface area contributed by atoms with Crippen molar-refractivity contribution in [1.82, 2.24) is 19.5 Å². The van der Waals surface area contributed by atoms with Crippen molar-refractivity contribution < 1.29 is 9.84 Å². The Balaban J connectivity index is 1.98. The summed E-state index contributed by atoms with van der Waals surface area (Å²) in [5.41, 5.74) is 7.25. The van der Waals surface area contributed by atoms with Crippen LogP contribution in [0.4, 0.5) is 5.82 Å². The number of fused-ring (bicyclic) bond motifs is 1. The van der Waals surface area contributed by atoms with Gasteiger partial charge >= 0.3 is 6.01 Å². The number of hydrogen-bond acceptors (Lipinski definition) is 7. The molecule has 1 aromatic carbocycles. The Labute approximate surface area is 182 Å². The van der Waals surface area contributed by atoms with Gasteiger partial charge < -0.3 is 15.6 Å². The Hall–Kier alpha value is -2.27. The number of aliphatic hydroxyl groups excluding tert-OH is 1. The monoisotopic (exact) mass is 509 g/mol. The van der Waals surface area contributed by atoms with E-state index < -0.39 is 11.6 Å². The lowest BCUT2D eigenvalue weighted by Crippen LogP contribution is -2.32. The van der Waals surface area contributed by atoms with Crippen LogP contribution in [0.3, 0.4) is 0 Å². The molecule has 0 aliphatic heterocycles. The van der Waals surface area contributed by atoms with Gasteiger partial charge in [-0.3, -0.25) is 9.36 Å². The van der Waals surface area contributed by atoms with Crippen LogP contribution in [-0.4, -0.2) is 37.8 Å². The summed E-state index contributed by atoms with van der Waals surface area (Å²) >= 11 is 2.03. The SMILES string of the molecule is CC(C)CC(CO)n1c(=O)c(N)nc2c(I)nc(OCCc3ccccc3)nc21. The first-order valence-corrected chi connectivity index (χ1v) is 10.5. The minimum absolute atomic E-state index is 0.140. The molecule has 0 saturated heterocycles. The molecule has 0 fully saturated rings. The van der Waals surface area contributed by atoms with Crippen LogP contribution in [0.1, 0.15) is 31.9 Å². The number of anilines is 1. The Kier molecular flexibility index (Phi) is 7.01. The molecule has 1 atom stereocenters. The number of nitrogens with zero attached hydrogens (tertiary/aromatic N) is 4. The molecule has 2 heterocycles. The van der Waals surface area contributed by atoms with E-state index in [1.165, 1.54) is 4.57 Å². The zero-order chi connectivity index (χ0) is 21.0. The first-order valence-electron chi connectivity index (χ1n) is 9.43. The lowest BCUT2D eigenvalue weighted by molar-refractivity contribution is 0.208. The van der Waals surface area contributed by atoms with E-state index in [-0.39, 0.29) is 24.4 Å². The molecule has 0 saturated carbocycles. The molecule has 0 aliphatic rings. The standard InChI is InChI=1S/C20H24IN5O3/c1-12(2)10-14(11-27)26-18-15(23-17(22)19(26)28)16(21)24-20(25-18)29-9-8-13-6-4-3-5-7-13/h3-7,12,14,27H,8-11H2,1-2H3,(H2,22,23). The minimum Gasteiger partial charge on any atom is -0.463 e. The lowest BCUT2D eigenvalue weighted by atomic mass is 10.0. The molecule has 0 bridgehead atoms. The number of aliphatic hydroxyl groups is 1. The van der Waals surface area contributed by atoms with Crippen molar-refractivity contribution in [2.75, 3.05) is 18.9 Å². The highest BCUT2D eigenvalue weighted by Gasteiger charge is 2.22. The van der Waals surface area contributed by atoms with Gasteiger partial charge in [0.15, 0.2) is 11.5 Å². The molecule has 8 nitrogen and oxygen atoms in total. The fourth-order valence-corrected chi connectivity index (χ4v) is 3.73. The van der Waals surface area contributed by atoms with Crippen molar-refractivity contribution in [2.24, 2.45) is 5.92 Å². The molecule has 2 aromatic heterocycles. The summed E-state index contributed by atoms with van der Waals surface area (Å²) in [7, 11) is 0. The largest absolute Gasteiger partial charge is 0.463 e. The molecule has 3 N–H and O–H groups in total. The van der Waals surface area contributed by atoms with Gasteiger partial charge in [0.1, 0.15) is 9.22 Å². The summed E-state index contributed by atoms with van der Waals surface area (Å²) in [5, 5.41) is 9.91. The topological polar surface area (TPSA) is 116 Å². The van der Waals surface area contributed by atoms with Gasteiger partial charge in [0.05, 0.1) is 19.3 Å². The zero-order valence-corrected chi connectivity index (χ0v) is 18.5. The average molecular weight is 509 g/mol. The summed E-state index contributed by atoms with van der Waals surface area (Å²) in [5.74, 6) is 0.130. The van der Waals surface area contributed by atoms with Crippen molar-refractivity contribution in [3.8, 4) is 6.01 Å². The van der Waals surface area contributed by atoms with E-state index in [0.717, 1.165) is 5.56 Å². The number of nitrogens with two attached hydrogens (primary N) is 1. The first kappa shape index (κ1) is 21.4. The molecule has 0 radical (unpaired) electrons. The van der Waals surface area contributed by atoms with Gasteiger partial charge in [-0.25, -0.2) is 4.98 Å². The average Bonchev–Trinajstić information content (AvgIpc) is 2.69. The molecule has 3 aromatic rings. The van der Waals surface area contributed by atoms with E-state index in [0.29, 0.717) is 34.3 Å². The molecule has 0 aliphatic carbocycles. The second-order valence-electron chi connectivity index (χ2n) is 7.19. The van der Waals surface area contributed by atoms with Crippen LogP contribution >= 0.6 is 22.6 Å². The number of rotatable bonds is 8. The fraction of sp³-hybridized carbons (Fsp3) is 0.400. The quantitative estimate of drug-likeness (QED) is 0.354. The van der Waals surface area contributed by atoms with Crippen molar-refractivity contribution in [1.29, 1.82) is 0 Å². The summed E-state index contributed by atoms with van der Waals surface area (Å²) in [6.07, 6.45) is 1.30. The van der Waals surface area contributed by atoms with Crippen LogP contribution in [0.2, 0.25) is 0 Å². The predicted octanol–water partition coefficient (Wildman–Crippen LogP) is 2.57. The van der Waals surface area contributed by atoms with Crippen LogP contribution in [0, 0.1) is 9.62 Å². The third kappa shape index (κ3) is 5.02. The van der Waals surface area contributed by atoms with Gasteiger partial charge in [-0.2, -0.15) is 9.97 Å². The third-order valence-electron chi connectivity index (χ3n) is 4.49. The molecule has 3 rings (SSSR count). The highest BCUT2D eigenvalue weighted by molar-refractivity contribution is 14.1. The van der Waals surface area contributed by atoms with Gasteiger partial charge in [0.2, 0.25) is 0 Å². The molecule has 154 valence electrons. The summed E-state index contributed by atoms with van der Waals surface area (Å²) in [6, 6.07) is 9.67. The normalized spacial score (nSPS) is 12.4. The first-order chi connectivity index (χ1) is 13.9. The van der Waals surface area contributed by atoms with E-state index in [9.17, 15) is 9.90 Å². The van der Waals surface area contributed by atoms with Gasteiger partial charge in [-0.15, -0.1) is 0 Å². The number of halogens is 1. The Bertz CT molecular complexity index is 1040. The van der Waals surface area contributed by atoms with Gasteiger partial charge in [0, 0.05) is 6.42 Å². The van der Waals surface area contributed by atoms with Crippen LogP contribution in [0.25, 0.3) is 11.2 Å². The van der Waals surface area contributed by atoms with Crippen LogP contribution in [0.15, 0.2) is 35.1 Å². The number of nitrogen functional groups attached to an aromatic ring is 1. The zero-order valence-electron chi connectivity index (χ0n) is 16.4. The highest BCUT2D eigenvalue weighted by atomic mass is 127. The number of benzene rings is 1. The van der Waals surface area contributed by atoms with Crippen molar-refractivity contribution in [2.45, 2.75) is 32.7 Å². The molecule has 29 heavy (non-hydrogen) atoms. The molecular formula is C20H24IN5O3. The van der Waals surface area contributed by atoms with Gasteiger partial charge in [0.25, 0.3) is 5.56 Å². The maximum absolute atomic E-state index is 12.7. The van der Waals surface area contributed by atoms with Gasteiger partial charge in [-0.05, 0) is 40.5 Å². The van der Waals surface area contributed by atoms with Crippen LogP contribution < -0.4 is 16.0 Å². The number of aromatic nitrogens is 4. The second-order valence-corrected chi connectivity index (χ2v) is 8.21. The van der Waals surface area contributed by atoms with E-state index in [2.05, 4.69) is 15.0 Å². The maximum Gasteiger partial charge on any atom is 0.319 e. The van der Waals surface area contributed by atoms with Gasteiger partial charge in [-0.1, -0.05) is 44.2 Å². The van der Waals surface area contributed by atoms with E-state index in [1.54, 1.807) is 0 Å².